The SMILES string of the molecule is Cc1c(O)c(O)c(C)c2[nH]ccc12.Cc1cc2c(C)c(O)c(C)cc2[nH]1. The third kappa shape index (κ3) is 2.75. The first-order valence-electron chi connectivity index (χ1n) is 8.49. The number of hydrogen-bond acceptors (Lipinski definition) is 3. The van der Waals surface area contributed by atoms with E-state index in [0.29, 0.717) is 16.9 Å². The fourth-order valence-electron chi connectivity index (χ4n) is 3.34. The smallest absolute Gasteiger partial charge is 0.162 e. The van der Waals surface area contributed by atoms with Crippen molar-refractivity contribution >= 4 is 21.8 Å². The van der Waals surface area contributed by atoms with E-state index in [-0.39, 0.29) is 11.5 Å². The number of rotatable bonds is 0. The molecule has 5 nitrogen and oxygen atoms in total. The summed E-state index contributed by atoms with van der Waals surface area (Å²) in [5.41, 5.74) is 6.38. The van der Waals surface area contributed by atoms with Crippen LogP contribution in [-0.4, -0.2) is 25.3 Å². The van der Waals surface area contributed by atoms with Crippen LogP contribution in [0.2, 0.25) is 0 Å². The molecule has 0 aliphatic rings. The Bertz CT molecular complexity index is 1070. The number of phenolic OH excluding ortho intramolecular Hbond substituents is 3. The van der Waals surface area contributed by atoms with E-state index in [1.807, 2.05) is 32.9 Å². The van der Waals surface area contributed by atoms with Crippen molar-refractivity contribution in [3.8, 4) is 17.2 Å². The highest BCUT2D eigenvalue weighted by Gasteiger charge is 2.13. The molecule has 0 fully saturated rings. The minimum Gasteiger partial charge on any atom is -0.507 e. The Kier molecular flexibility index (Phi) is 4.32. The Balaban J connectivity index is 0.000000151. The van der Waals surface area contributed by atoms with E-state index < -0.39 is 0 Å². The Labute approximate surface area is 151 Å². The molecule has 26 heavy (non-hydrogen) atoms. The molecule has 0 saturated heterocycles. The van der Waals surface area contributed by atoms with E-state index in [9.17, 15) is 15.3 Å². The van der Waals surface area contributed by atoms with Crippen LogP contribution in [0.1, 0.15) is 27.9 Å². The third-order valence-electron chi connectivity index (χ3n) is 4.94. The Morgan fingerprint density at radius 2 is 1.35 bits per heavy atom. The maximum atomic E-state index is 9.70. The molecular weight excluding hydrogens is 328 g/mol. The number of fused-ring (bicyclic) bond motifs is 2. The Hall–Kier alpha value is -3.08. The molecule has 2 heterocycles. The van der Waals surface area contributed by atoms with E-state index in [1.165, 1.54) is 0 Å². The van der Waals surface area contributed by atoms with Gasteiger partial charge in [0.1, 0.15) is 5.75 Å². The van der Waals surface area contributed by atoms with Crippen LogP contribution in [-0.2, 0) is 0 Å². The normalized spacial score (nSPS) is 11.0. The zero-order valence-corrected chi connectivity index (χ0v) is 15.7. The number of H-pyrrole nitrogens is 2. The first-order valence-corrected chi connectivity index (χ1v) is 8.49. The summed E-state index contributed by atoms with van der Waals surface area (Å²) in [6.45, 7) is 9.43. The number of phenols is 3. The summed E-state index contributed by atoms with van der Waals surface area (Å²) in [6, 6.07) is 5.92. The summed E-state index contributed by atoms with van der Waals surface area (Å²) in [6.07, 6.45) is 1.80. The van der Waals surface area contributed by atoms with Crippen LogP contribution in [0, 0.1) is 34.6 Å². The molecule has 0 aliphatic heterocycles. The minimum atomic E-state index is -0.0348. The lowest BCUT2D eigenvalue weighted by atomic mass is 10.1. The van der Waals surface area contributed by atoms with Crippen LogP contribution >= 0.6 is 0 Å². The molecule has 0 bridgehead atoms. The highest BCUT2D eigenvalue weighted by atomic mass is 16.3. The average molecular weight is 352 g/mol. The van der Waals surface area contributed by atoms with Crippen molar-refractivity contribution in [2.24, 2.45) is 0 Å². The lowest BCUT2D eigenvalue weighted by molar-refractivity contribution is 0.400. The summed E-state index contributed by atoms with van der Waals surface area (Å²) in [5.74, 6) is 0.351. The van der Waals surface area contributed by atoms with Crippen LogP contribution < -0.4 is 0 Å². The predicted molar refractivity (Wildman–Crippen MR) is 105 cm³/mol. The van der Waals surface area contributed by atoms with Crippen LogP contribution in [0.4, 0.5) is 0 Å². The van der Waals surface area contributed by atoms with Crippen molar-refractivity contribution in [3.63, 3.8) is 0 Å². The monoisotopic (exact) mass is 352 g/mol. The molecule has 5 heteroatoms. The van der Waals surface area contributed by atoms with Gasteiger partial charge in [0.15, 0.2) is 11.5 Å². The highest BCUT2D eigenvalue weighted by Crippen LogP contribution is 2.38. The topological polar surface area (TPSA) is 92.3 Å². The van der Waals surface area contributed by atoms with E-state index in [2.05, 4.69) is 16.0 Å². The Morgan fingerprint density at radius 3 is 2.04 bits per heavy atom. The van der Waals surface area contributed by atoms with Crippen molar-refractivity contribution in [1.29, 1.82) is 0 Å². The average Bonchev–Trinajstić information content (AvgIpc) is 3.23. The molecule has 5 N–H and O–H groups in total. The van der Waals surface area contributed by atoms with Crippen molar-refractivity contribution in [1.82, 2.24) is 9.97 Å². The molecule has 4 rings (SSSR count). The maximum Gasteiger partial charge on any atom is 0.162 e. The van der Waals surface area contributed by atoms with Crippen LogP contribution in [0.3, 0.4) is 0 Å². The summed E-state index contributed by atoms with van der Waals surface area (Å²) in [7, 11) is 0. The number of hydrogen-bond donors (Lipinski definition) is 5. The fourth-order valence-corrected chi connectivity index (χ4v) is 3.34. The number of aromatic hydroxyl groups is 3. The van der Waals surface area contributed by atoms with Gasteiger partial charge in [-0.25, -0.2) is 0 Å². The minimum absolute atomic E-state index is 0.0235. The molecule has 136 valence electrons. The maximum absolute atomic E-state index is 9.70. The van der Waals surface area contributed by atoms with Gasteiger partial charge in [0.2, 0.25) is 0 Å². The molecular formula is C21H24N2O3. The second-order valence-corrected chi connectivity index (χ2v) is 6.79. The predicted octanol–water partition coefficient (Wildman–Crippen LogP) is 4.99. The van der Waals surface area contributed by atoms with Crippen LogP contribution in [0.5, 0.6) is 17.2 Å². The van der Waals surface area contributed by atoms with Gasteiger partial charge in [-0.2, -0.15) is 0 Å². The van der Waals surface area contributed by atoms with Gasteiger partial charge in [0.05, 0.1) is 5.52 Å². The number of benzene rings is 2. The van der Waals surface area contributed by atoms with E-state index in [0.717, 1.165) is 38.6 Å². The molecule has 0 aliphatic carbocycles. The number of aromatic nitrogens is 2. The van der Waals surface area contributed by atoms with Gasteiger partial charge in [-0.05, 0) is 58.4 Å². The van der Waals surface area contributed by atoms with E-state index >= 15 is 0 Å². The van der Waals surface area contributed by atoms with Crippen molar-refractivity contribution in [2.75, 3.05) is 0 Å². The van der Waals surface area contributed by atoms with Gasteiger partial charge in [0, 0.05) is 44.9 Å². The number of aryl methyl sites for hydroxylation is 5. The summed E-state index contributed by atoms with van der Waals surface area (Å²) in [4.78, 5) is 6.28. The van der Waals surface area contributed by atoms with Gasteiger partial charge in [0.25, 0.3) is 0 Å². The van der Waals surface area contributed by atoms with Gasteiger partial charge in [-0.15, -0.1) is 0 Å². The second-order valence-electron chi connectivity index (χ2n) is 6.79. The number of nitrogens with one attached hydrogen (secondary N) is 2. The Morgan fingerprint density at radius 1 is 0.731 bits per heavy atom. The first kappa shape index (κ1) is 17.7. The van der Waals surface area contributed by atoms with E-state index in [1.54, 1.807) is 20.0 Å². The van der Waals surface area contributed by atoms with Crippen molar-refractivity contribution in [2.45, 2.75) is 34.6 Å². The molecule has 0 atom stereocenters. The second kappa shape index (κ2) is 6.33. The molecule has 0 amide bonds. The van der Waals surface area contributed by atoms with Crippen molar-refractivity contribution in [3.05, 3.63) is 52.3 Å². The van der Waals surface area contributed by atoms with Crippen LogP contribution in [0.25, 0.3) is 21.8 Å². The molecule has 0 saturated carbocycles. The zero-order valence-electron chi connectivity index (χ0n) is 15.7. The standard InChI is InChI=1S/C11H13NO.C10H11NO2/c1-6-4-10-9(5-7(2)12-10)8(3)11(6)13;1-5-7-3-4-11-8(7)6(2)10(13)9(5)12/h4-5,12-13H,1-3H3;3-4,11-13H,1-2H3. The van der Waals surface area contributed by atoms with E-state index in [4.69, 9.17) is 0 Å². The molecule has 4 aromatic rings. The lowest BCUT2D eigenvalue weighted by Gasteiger charge is -2.07. The molecule has 2 aromatic carbocycles. The first-order chi connectivity index (χ1) is 12.2. The fraction of sp³-hybridized carbons (Fsp3) is 0.238. The summed E-state index contributed by atoms with van der Waals surface area (Å²) < 4.78 is 0. The molecule has 0 unspecified atom stereocenters. The van der Waals surface area contributed by atoms with Gasteiger partial charge in [-0.1, -0.05) is 0 Å². The molecule has 0 spiro atoms. The zero-order chi connectivity index (χ0) is 19.2. The highest BCUT2D eigenvalue weighted by molar-refractivity contribution is 5.90. The summed E-state index contributed by atoms with van der Waals surface area (Å²) in [5, 5.41) is 30.8. The molecule has 0 radical (unpaired) electrons. The lowest BCUT2D eigenvalue weighted by Crippen LogP contribution is -1.84. The van der Waals surface area contributed by atoms with Crippen molar-refractivity contribution < 1.29 is 15.3 Å². The third-order valence-corrected chi connectivity index (χ3v) is 4.94. The van der Waals surface area contributed by atoms with Gasteiger partial charge < -0.3 is 25.3 Å². The largest absolute Gasteiger partial charge is 0.507 e. The summed E-state index contributed by atoms with van der Waals surface area (Å²) >= 11 is 0. The van der Waals surface area contributed by atoms with Gasteiger partial charge in [-0.3, -0.25) is 0 Å². The van der Waals surface area contributed by atoms with Gasteiger partial charge >= 0.3 is 0 Å². The number of aromatic amines is 2. The molecule has 2 aromatic heterocycles. The quantitative estimate of drug-likeness (QED) is 0.289. The van der Waals surface area contributed by atoms with Crippen LogP contribution in [0.15, 0.2) is 24.4 Å².